The van der Waals surface area contributed by atoms with Gasteiger partial charge in [-0.1, -0.05) is 0 Å². The van der Waals surface area contributed by atoms with Gasteiger partial charge in [0.1, 0.15) is 5.75 Å². The lowest BCUT2D eigenvalue weighted by Crippen LogP contribution is -1.86. The van der Waals surface area contributed by atoms with Crippen LogP contribution in [0.25, 0.3) is 0 Å². The van der Waals surface area contributed by atoms with E-state index < -0.39 is 0 Å². The van der Waals surface area contributed by atoms with Crippen molar-refractivity contribution in [3.63, 3.8) is 0 Å². The summed E-state index contributed by atoms with van der Waals surface area (Å²) in [6.45, 7) is 0. The third-order valence-corrected chi connectivity index (χ3v) is 1.32. The number of hydrogen-bond acceptors (Lipinski definition) is 4. The number of phenolic OH excluding ortho intramolecular Hbond substituents is 1. The average Bonchev–Trinajstić information content (AvgIpc) is 2.09. The van der Waals surface area contributed by atoms with Gasteiger partial charge in [0.15, 0.2) is 11.5 Å². The van der Waals surface area contributed by atoms with Gasteiger partial charge in [-0.15, -0.1) is 5.26 Å². The monoisotopic (exact) mass is 165 g/mol. The van der Waals surface area contributed by atoms with E-state index in [1.54, 1.807) is 6.07 Å². The van der Waals surface area contributed by atoms with Crippen LogP contribution in [0.5, 0.6) is 17.2 Å². The Morgan fingerprint density at radius 1 is 1.50 bits per heavy atom. The summed E-state index contributed by atoms with van der Waals surface area (Å²) in [4.78, 5) is 0. The van der Waals surface area contributed by atoms with Crippen LogP contribution in [0.3, 0.4) is 0 Å². The maximum atomic E-state index is 9.13. The summed E-state index contributed by atoms with van der Waals surface area (Å²) in [5.74, 6) is 0.534. The third kappa shape index (κ3) is 1.58. The number of phenols is 1. The lowest BCUT2D eigenvalue weighted by atomic mass is 10.3. The van der Waals surface area contributed by atoms with E-state index >= 15 is 0 Å². The van der Waals surface area contributed by atoms with Crippen LogP contribution in [0.1, 0.15) is 0 Å². The fourth-order valence-electron chi connectivity index (χ4n) is 0.752. The highest BCUT2D eigenvalue weighted by Crippen LogP contribution is 2.29. The van der Waals surface area contributed by atoms with Gasteiger partial charge in [0.05, 0.1) is 7.11 Å². The zero-order chi connectivity index (χ0) is 8.97. The molecule has 1 N–H and O–H groups in total. The van der Waals surface area contributed by atoms with Gasteiger partial charge >= 0.3 is 0 Å². The van der Waals surface area contributed by atoms with Crippen molar-refractivity contribution in [2.75, 3.05) is 7.11 Å². The molecule has 0 aliphatic rings. The second-order valence-corrected chi connectivity index (χ2v) is 2.03. The molecule has 0 fully saturated rings. The molecular weight excluding hydrogens is 158 g/mol. The molecule has 1 aromatic rings. The topological polar surface area (TPSA) is 62.5 Å². The Morgan fingerprint density at radius 2 is 2.25 bits per heavy atom. The van der Waals surface area contributed by atoms with Crippen molar-refractivity contribution in [3.05, 3.63) is 18.2 Å². The Balaban J connectivity index is 3.01. The van der Waals surface area contributed by atoms with Crippen LogP contribution in [0.4, 0.5) is 0 Å². The second kappa shape index (κ2) is 3.49. The Kier molecular flexibility index (Phi) is 2.38. The first kappa shape index (κ1) is 8.21. The molecular formula is C8H7NO3. The number of aromatic hydroxyl groups is 1. The molecule has 0 unspecified atom stereocenters. The Morgan fingerprint density at radius 3 is 2.83 bits per heavy atom. The van der Waals surface area contributed by atoms with E-state index in [-0.39, 0.29) is 11.5 Å². The zero-order valence-electron chi connectivity index (χ0n) is 6.44. The van der Waals surface area contributed by atoms with E-state index in [9.17, 15) is 0 Å². The SMILES string of the molecule is COc1ccc(O)c(OC#N)c1. The largest absolute Gasteiger partial charge is 0.504 e. The molecule has 0 saturated heterocycles. The number of nitrogens with zero attached hydrogens (tertiary/aromatic N) is 1. The van der Waals surface area contributed by atoms with Crippen LogP contribution >= 0.6 is 0 Å². The summed E-state index contributed by atoms with van der Waals surface area (Å²) >= 11 is 0. The van der Waals surface area contributed by atoms with Gasteiger partial charge in [0.25, 0.3) is 6.26 Å². The molecule has 0 heterocycles. The van der Waals surface area contributed by atoms with Gasteiger partial charge in [-0.3, -0.25) is 0 Å². The quantitative estimate of drug-likeness (QED) is 0.670. The lowest BCUT2D eigenvalue weighted by Gasteiger charge is -2.02. The number of methoxy groups -OCH3 is 1. The molecule has 1 rings (SSSR count). The summed E-state index contributed by atoms with van der Waals surface area (Å²) in [6, 6.07) is 4.39. The molecule has 0 spiro atoms. The van der Waals surface area contributed by atoms with Gasteiger partial charge in [-0.05, 0) is 12.1 Å². The van der Waals surface area contributed by atoms with Crippen LogP contribution < -0.4 is 9.47 Å². The Labute approximate surface area is 69.6 Å². The molecule has 0 aliphatic heterocycles. The van der Waals surface area contributed by atoms with Crippen molar-refractivity contribution in [3.8, 4) is 23.5 Å². The van der Waals surface area contributed by atoms with Crippen molar-refractivity contribution < 1.29 is 14.6 Å². The van der Waals surface area contributed by atoms with E-state index in [1.165, 1.54) is 25.5 Å². The molecule has 4 nitrogen and oxygen atoms in total. The molecule has 0 amide bonds. The number of hydrogen-bond donors (Lipinski definition) is 1. The summed E-state index contributed by atoms with van der Waals surface area (Å²) < 4.78 is 9.31. The first-order chi connectivity index (χ1) is 5.77. The molecule has 0 bridgehead atoms. The van der Waals surface area contributed by atoms with E-state index in [2.05, 4.69) is 4.74 Å². The highest BCUT2D eigenvalue weighted by Gasteiger charge is 2.03. The molecule has 0 saturated carbocycles. The minimum Gasteiger partial charge on any atom is -0.504 e. The summed E-state index contributed by atoms with van der Waals surface area (Å²) in [5.41, 5.74) is 0. The van der Waals surface area contributed by atoms with Crippen molar-refractivity contribution in [2.24, 2.45) is 0 Å². The molecule has 12 heavy (non-hydrogen) atoms. The van der Waals surface area contributed by atoms with Crippen LogP contribution in [-0.4, -0.2) is 12.2 Å². The number of benzene rings is 1. The summed E-state index contributed by atoms with van der Waals surface area (Å²) in [7, 11) is 1.49. The predicted octanol–water partition coefficient (Wildman–Crippen LogP) is 1.26. The van der Waals surface area contributed by atoms with Gasteiger partial charge in [-0.2, -0.15) is 0 Å². The smallest absolute Gasteiger partial charge is 0.292 e. The lowest BCUT2D eigenvalue weighted by molar-refractivity contribution is 0.396. The summed E-state index contributed by atoms with van der Waals surface area (Å²) in [5, 5.41) is 17.3. The fourth-order valence-corrected chi connectivity index (χ4v) is 0.752. The fraction of sp³-hybridized carbons (Fsp3) is 0.125. The van der Waals surface area contributed by atoms with Crippen LogP contribution in [0.2, 0.25) is 0 Å². The highest BCUT2D eigenvalue weighted by molar-refractivity contribution is 5.44. The molecule has 4 heteroatoms. The number of nitriles is 1. The maximum absolute atomic E-state index is 9.13. The molecule has 0 radical (unpaired) electrons. The number of ether oxygens (including phenoxy) is 2. The van der Waals surface area contributed by atoms with E-state index in [4.69, 9.17) is 15.1 Å². The van der Waals surface area contributed by atoms with Gasteiger partial charge in [0, 0.05) is 6.07 Å². The molecule has 0 aromatic heterocycles. The highest BCUT2D eigenvalue weighted by atomic mass is 16.5. The second-order valence-electron chi connectivity index (χ2n) is 2.03. The molecule has 1 aromatic carbocycles. The zero-order valence-corrected chi connectivity index (χ0v) is 6.44. The molecule has 62 valence electrons. The van der Waals surface area contributed by atoms with Crippen LogP contribution in [0, 0.1) is 11.5 Å². The Bertz CT molecular complexity index is 317. The van der Waals surface area contributed by atoms with Crippen LogP contribution in [0.15, 0.2) is 18.2 Å². The summed E-state index contributed by atoms with van der Waals surface area (Å²) in [6.07, 6.45) is 1.46. The van der Waals surface area contributed by atoms with Crippen LogP contribution in [-0.2, 0) is 0 Å². The maximum Gasteiger partial charge on any atom is 0.292 e. The van der Waals surface area contributed by atoms with Crippen molar-refractivity contribution in [1.29, 1.82) is 5.26 Å². The first-order valence-corrected chi connectivity index (χ1v) is 3.21. The minimum atomic E-state index is -0.0858. The minimum absolute atomic E-state index is 0.0858. The first-order valence-electron chi connectivity index (χ1n) is 3.21. The van der Waals surface area contributed by atoms with Gasteiger partial charge < -0.3 is 14.6 Å². The standard InChI is InChI=1S/C8H7NO3/c1-11-6-2-3-7(10)8(4-6)12-5-9/h2-4,10H,1H3. The Hall–Kier alpha value is -1.89. The van der Waals surface area contributed by atoms with Crippen molar-refractivity contribution >= 4 is 0 Å². The van der Waals surface area contributed by atoms with Gasteiger partial charge in [-0.25, -0.2) is 0 Å². The van der Waals surface area contributed by atoms with E-state index in [1.807, 2.05) is 0 Å². The van der Waals surface area contributed by atoms with E-state index in [0.29, 0.717) is 5.75 Å². The van der Waals surface area contributed by atoms with Gasteiger partial charge in [0.2, 0.25) is 0 Å². The van der Waals surface area contributed by atoms with E-state index in [0.717, 1.165) is 0 Å². The predicted molar refractivity (Wildman–Crippen MR) is 40.9 cm³/mol. The number of rotatable bonds is 2. The third-order valence-electron chi connectivity index (χ3n) is 1.32. The molecule has 0 aliphatic carbocycles. The van der Waals surface area contributed by atoms with Crippen molar-refractivity contribution in [2.45, 2.75) is 0 Å². The van der Waals surface area contributed by atoms with Crippen molar-refractivity contribution in [1.82, 2.24) is 0 Å². The molecule has 0 atom stereocenters. The normalized spacial score (nSPS) is 8.67. The average molecular weight is 165 g/mol.